The number of nitrogens with two attached hydrogens (primary N) is 1. The van der Waals surface area contributed by atoms with E-state index in [0.29, 0.717) is 22.7 Å². The van der Waals surface area contributed by atoms with Crippen LogP contribution in [-0.4, -0.2) is 37.2 Å². The average molecular weight is 289 g/mol. The lowest BCUT2D eigenvalue weighted by atomic mass is 10.3. The number of rotatable bonds is 5. The maximum absolute atomic E-state index is 5.91. The molecular formula is C13H18Cl2N2O. The smallest absolute Gasteiger partial charge is 0.120 e. The van der Waals surface area contributed by atoms with E-state index in [4.69, 9.17) is 33.7 Å². The molecule has 1 atom stereocenters. The van der Waals surface area contributed by atoms with Crippen LogP contribution in [0.3, 0.4) is 0 Å². The summed E-state index contributed by atoms with van der Waals surface area (Å²) in [5.74, 6) is 0.766. The van der Waals surface area contributed by atoms with Gasteiger partial charge in [0.2, 0.25) is 0 Å². The summed E-state index contributed by atoms with van der Waals surface area (Å²) in [7, 11) is 0. The molecule has 0 unspecified atom stereocenters. The highest BCUT2D eigenvalue weighted by molar-refractivity contribution is 6.42. The second kappa shape index (κ2) is 6.62. The third-order valence-electron chi connectivity index (χ3n) is 3.09. The summed E-state index contributed by atoms with van der Waals surface area (Å²) in [6.07, 6.45) is 2.10. The van der Waals surface area contributed by atoms with Crippen molar-refractivity contribution in [3.8, 4) is 5.75 Å². The number of benzene rings is 1. The van der Waals surface area contributed by atoms with Gasteiger partial charge >= 0.3 is 0 Å². The van der Waals surface area contributed by atoms with Crippen molar-refractivity contribution < 1.29 is 4.74 Å². The van der Waals surface area contributed by atoms with Crippen LogP contribution in [0.15, 0.2) is 18.2 Å². The molecule has 1 saturated heterocycles. The van der Waals surface area contributed by atoms with Crippen LogP contribution in [0.2, 0.25) is 10.0 Å². The van der Waals surface area contributed by atoms with Gasteiger partial charge in [-0.05, 0) is 31.5 Å². The van der Waals surface area contributed by atoms with Gasteiger partial charge in [-0.25, -0.2) is 0 Å². The Kier molecular flexibility index (Phi) is 5.13. The molecule has 1 aliphatic heterocycles. The highest BCUT2D eigenvalue weighted by atomic mass is 35.5. The summed E-state index contributed by atoms with van der Waals surface area (Å²) in [6.45, 7) is 3.83. The molecule has 1 aliphatic rings. The monoisotopic (exact) mass is 288 g/mol. The van der Waals surface area contributed by atoms with E-state index >= 15 is 0 Å². The van der Waals surface area contributed by atoms with E-state index in [1.807, 2.05) is 6.07 Å². The SMILES string of the molecule is N[C@@H]1CCN(CCCOc2ccc(Cl)c(Cl)c2)C1. The summed E-state index contributed by atoms with van der Waals surface area (Å²) >= 11 is 11.7. The van der Waals surface area contributed by atoms with Gasteiger partial charge < -0.3 is 15.4 Å². The van der Waals surface area contributed by atoms with Crippen LogP contribution in [0.1, 0.15) is 12.8 Å². The molecule has 0 radical (unpaired) electrons. The zero-order chi connectivity index (χ0) is 13.0. The van der Waals surface area contributed by atoms with Crippen LogP contribution in [0.5, 0.6) is 5.75 Å². The third kappa shape index (κ3) is 4.02. The molecule has 1 heterocycles. The first-order valence-electron chi connectivity index (χ1n) is 6.21. The van der Waals surface area contributed by atoms with E-state index < -0.39 is 0 Å². The summed E-state index contributed by atoms with van der Waals surface area (Å²) < 4.78 is 5.63. The number of hydrogen-bond acceptors (Lipinski definition) is 3. The van der Waals surface area contributed by atoms with Gasteiger partial charge in [-0.15, -0.1) is 0 Å². The van der Waals surface area contributed by atoms with E-state index in [1.165, 1.54) is 0 Å². The van der Waals surface area contributed by atoms with Crippen LogP contribution >= 0.6 is 23.2 Å². The molecule has 0 saturated carbocycles. The number of likely N-dealkylation sites (tertiary alicyclic amines) is 1. The van der Waals surface area contributed by atoms with E-state index in [-0.39, 0.29) is 0 Å². The molecule has 3 nitrogen and oxygen atoms in total. The number of nitrogens with zero attached hydrogens (tertiary/aromatic N) is 1. The Labute approximate surface area is 118 Å². The fraction of sp³-hybridized carbons (Fsp3) is 0.538. The second-order valence-corrected chi connectivity index (χ2v) is 5.44. The molecular weight excluding hydrogens is 271 g/mol. The van der Waals surface area contributed by atoms with Gasteiger partial charge in [0, 0.05) is 25.2 Å². The molecule has 1 aromatic carbocycles. The van der Waals surface area contributed by atoms with Gasteiger partial charge in [0.1, 0.15) is 5.75 Å². The Bertz CT molecular complexity index is 401. The maximum atomic E-state index is 5.91. The van der Waals surface area contributed by atoms with Crippen molar-refractivity contribution in [2.75, 3.05) is 26.2 Å². The third-order valence-corrected chi connectivity index (χ3v) is 3.83. The van der Waals surface area contributed by atoms with Crippen molar-refractivity contribution in [1.82, 2.24) is 4.90 Å². The Morgan fingerprint density at radius 1 is 1.33 bits per heavy atom. The zero-order valence-electron chi connectivity index (χ0n) is 10.2. The molecule has 5 heteroatoms. The number of halogens is 2. The average Bonchev–Trinajstić information content (AvgIpc) is 2.75. The van der Waals surface area contributed by atoms with Crippen LogP contribution < -0.4 is 10.5 Å². The molecule has 1 aromatic rings. The normalized spacial score (nSPS) is 20.3. The molecule has 0 spiro atoms. The van der Waals surface area contributed by atoms with Crippen molar-refractivity contribution in [1.29, 1.82) is 0 Å². The molecule has 2 N–H and O–H groups in total. The molecule has 2 rings (SSSR count). The Morgan fingerprint density at radius 2 is 2.17 bits per heavy atom. The van der Waals surface area contributed by atoms with Gasteiger partial charge in [0.15, 0.2) is 0 Å². The van der Waals surface area contributed by atoms with Crippen LogP contribution in [0.25, 0.3) is 0 Å². The lowest BCUT2D eigenvalue weighted by Crippen LogP contribution is -2.28. The van der Waals surface area contributed by atoms with Gasteiger partial charge in [-0.3, -0.25) is 0 Å². The number of hydrogen-bond donors (Lipinski definition) is 1. The predicted octanol–water partition coefficient (Wildman–Crippen LogP) is 2.80. The van der Waals surface area contributed by atoms with Crippen LogP contribution in [0, 0.1) is 0 Å². The molecule has 0 aromatic heterocycles. The van der Waals surface area contributed by atoms with E-state index in [1.54, 1.807) is 12.1 Å². The minimum atomic E-state index is 0.348. The lowest BCUT2D eigenvalue weighted by Gasteiger charge is -2.15. The molecule has 1 fully saturated rings. The van der Waals surface area contributed by atoms with Crippen molar-refractivity contribution in [3.63, 3.8) is 0 Å². The topological polar surface area (TPSA) is 38.5 Å². The first-order valence-corrected chi connectivity index (χ1v) is 6.96. The van der Waals surface area contributed by atoms with E-state index in [2.05, 4.69) is 4.90 Å². The van der Waals surface area contributed by atoms with Crippen LogP contribution in [-0.2, 0) is 0 Å². The predicted molar refractivity (Wildman–Crippen MR) is 75.6 cm³/mol. The standard InChI is InChI=1S/C13H18Cl2N2O/c14-12-3-2-11(8-13(12)15)18-7-1-5-17-6-4-10(16)9-17/h2-3,8,10H,1,4-7,9,16H2/t10-/m1/s1. The summed E-state index contributed by atoms with van der Waals surface area (Å²) in [4.78, 5) is 2.38. The van der Waals surface area contributed by atoms with Crippen molar-refractivity contribution >= 4 is 23.2 Å². The first-order chi connectivity index (χ1) is 8.65. The van der Waals surface area contributed by atoms with E-state index in [9.17, 15) is 0 Å². The highest BCUT2D eigenvalue weighted by Gasteiger charge is 2.17. The first kappa shape index (κ1) is 13.9. The summed E-state index contributed by atoms with van der Waals surface area (Å²) in [5, 5.41) is 1.08. The van der Waals surface area contributed by atoms with Crippen molar-refractivity contribution in [2.24, 2.45) is 5.73 Å². The van der Waals surface area contributed by atoms with Crippen molar-refractivity contribution in [3.05, 3.63) is 28.2 Å². The minimum absolute atomic E-state index is 0.348. The Balaban J connectivity index is 1.67. The van der Waals surface area contributed by atoms with Gasteiger partial charge in [0.05, 0.1) is 16.7 Å². The molecule has 0 amide bonds. The number of ether oxygens (including phenoxy) is 1. The molecule has 0 aliphatic carbocycles. The van der Waals surface area contributed by atoms with E-state index in [0.717, 1.165) is 38.2 Å². The van der Waals surface area contributed by atoms with Gasteiger partial charge in [-0.1, -0.05) is 23.2 Å². The van der Waals surface area contributed by atoms with Crippen LogP contribution in [0.4, 0.5) is 0 Å². The quantitative estimate of drug-likeness (QED) is 0.847. The maximum Gasteiger partial charge on any atom is 0.120 e. The highest BCUT2D eigenvalue weighted by Crippen LogP contribution is 2.26. The Morgan fingerprint density at radius 3 is 2.83 bits per heavy atom. The summed E-state index contributed by atoms with van der Waals surface area (Å²) in [5.41, 5.74) is 5.85. The van der Waals surface area contributed by atoms with Gasteiger partial charge in [0.25, 0.3) is 0 Å². The molecule has 0 bridgehead atoms. The lowest BCUT2D eigenvalue weighted by molar-refractivity contribution is 0.262. The fourth-order valence-electron chi connectivity index (χ4n) is 2.11. The summed E-state index contributed by atoms with van der Waals surface area (Å²) in [6, 6.07) is 5.68. The minimum Gasteiger partial charge on any atom is -0.493 e. The molecule has 18 heavy (non-hydrogen) atoms. The van der Waals surface area contributed by atoms with Gasteiger partial charge in [-0.2, -0.15) is 0 Å². The zero-order valence-corrected chi connectivity index (χ0v) is 11.8. The largest absolute Gasteiger partial charge is 0.493 e. The van der Waals surface area contributed by atoms with Crippen molar-refractivity contribution in [2.45, 2.75) is 18.9 Å². The second-order valence-electron chi connectivity index (χ2n) is 4.63. The fourth-order valence-corrected chi connectivity index (χ4v) is 2.40. The molecule has 100 valence electrons. The Hall–Kier alpha value is -0.480.